The molecule has 0 atom stereocenters. The van der Waals surface area contributed by atoms with E-state index >= 15 is 0 Å². The van der Waals surface area contributed by atoms with Crippen molar-refractivity contribution >= 4 is 16.9 Å². The Labute approximate surface area is 180 Å². The monoisotopic (exact) mass is 437 g/mol. The maximum Gasteiger partial charge on any atom is 0.273 e. The van der Waals surface area contributed by atoms with Gasteiger partial charge in [0.2, 0.25) is 0 Å². The third-order valence-corrected chi connectivity index (χ3v) is 4.90. The molecule has 2 N–H and O–H groups in total. The van der Waals surface area contributed by atoms with Crippen molar-refractivity contribution in [1.29, 1.82) is 0 Å². The number of amides is 1. The Bertz CT molecular complexity index is 1400. The van der Waals surface area contributed by atoms with Crippen molar-refractivity contribution in [3.05, 3.63) is 93.9 Å². The van der Waals surface area contributed by atoms with Crippen LogP contribution >= 0.6 is 0 Å². The van der Waals surface area contributed by atoms with E-state index in [1.165, 1.54) is 30.0 Å². The zero-order valence-corrected chi connectivity index (χ0v) is 16.8. The fraction of sp³-hybridized carbons (Fsp3) is 0.0870. The fourth-order valence-corrected chi connectivity index (χ4v) is 3.33. The van der Waals surface area contributed by atoms with E-state index in [2.05, 4.69) is 10.3 Å². The molecule has 4 aromatic rings. The van der Waals surface area contributed by atoms with Crippen molar-refractivity contribution in [3.8, 4) is 17.2 Å². The van der Waals surface area contributed by atoms with Crippen LogP contribution in [0.15, 0.2) is 65.6 Å². The number of methoxy groups -OCH3 is 1. The second-order valence-corrected chi connectivity index (χ2v) is 6.86. The van der Waals surface area contributed by atoms with Crippen LogP contribution in [0.25, 0.3) is 16.7 Å². The summed E-state index contributed by atoms with van der Waals surface area (Å²) in [5.41, 5.74) is -0.814. The highest BCUT2D eigenvalue weighted by molar-refractivity contribution is 6.02. The number of pyridine rings is 2. The van der Waals surface area contributed by atoms with Crippen LogP contribution in [0.2, 0.25) is 0 Å². The molecule has 1 amide bonds. The summed E-state index contributed by atoms with van der Waals surface area (Å²) in [6.07, 6.45) is 1.45. The van der Waals surface area contributed by atoms with Gasteiger partial charge in [-0.1, -0.05) is 12.1 Å². The first-order chi connectivity index (χ1) is 15.4. The van der Waals surface area contributed by atoms with E-state index in [0.29, 0.717) is 17.5 Å². The van der Waals surface area contributed by atoms with Gasteiger partial charge < -0.3 is 15.2 Å². The minimum Gasteiger partial charge on any atom is -0.506 e. The Kier molecular flexibility index (Phi) is 5.55. The summed E-state index contributed by atoms with van der Waals surface area (Å²) in [4.78, 5) is 30.4. The average molecular weight is 437 g/mol. The van der Waals surface area contributed by atoms with Gasteiger partial charge in [-0.3, -0.25) is 14.2 Å². The highest BCUT2D eigenvalue weighted by Crippen LogP contribution is 2.27. The smallest absolute Gasteiger partial charge is 0.273 e. The number of rotatable bonds is 5. The van der Waals surface area contributed by atoms with Crippen molar-refractivity contribution < 1.29 is 23.4 Å². The number of hydrogen-bond acceptors (Lipinski definition) is 5. The summed E-state index contributed by atoms with van der Waals surface area (Å²) < 4.78 is 33.4. The van der Waals surface area contributed by atoms with Gasteiger partial charge in [-0.25, -0.2) is 13.8 Å². The first-order valence-electron chi connectivity index (χ1n) is 9.50. The zero-order valence-electron chi connectivity index (χ0n) is 16.8. The number of nitrogens with zero attached hydrogens (tertiary/aromatic N) is 2. The summed E-state index contributed by atoms with van der Waals surface area (Å²) in [6.45, 7) is -0.311. The predicted molar refractivity (Wildman–Crippen MR) is 113 cm³/mol. The second kappa shape index (κ2) is 8.46. The lowest BCUT2D eigenvalue weighted by atomic mass is 10.1. The number of hydrogen-bond donors (Lipinski definition) is 2. The van der Waals surface area contributed by atoms with Crippen LogP contribution in [0, 0.1) is 11.6 Å². The van der Waals surface area contributed by atoms with Crippen molar-refractivity contribution in [2.45, 2.75) is 6.54 Å². The first-order valence-corrected chi connectivity index (χ1v) is 9.50. The molecule has 32 heavy (non-hydrogen) atoms. The van der Waals surface area contributed by atoms with Crippen molar-refractivity contribution in [3.63, 3.8) is 0 Å². The third-order valence-electron chi connectivity index (χ3n) is 4.90. The molecule has 2 aromatic carbocycles. The quantitative estimate of drug-likeness (QED) is 0.500. The highest BCUT2D eigenvalue weighted by Gasteiger charge is 2.24. The minimum absolute atomic E-state index is 0.0230. The number of carbonyl (C=O) groups excluding carboxylic acids is 1. The summed E-state index contributed by atoms with van der Waals surface area (Å²) in [5, 5.41) is 13.3. The van der Waals surface area contributed by atoms with Gasteiger partial charge in [-0.05, 0) is 30.3 Å². The molecule has 2 heterocycles. The molecular weight excluding hydrogens is 420 g/mol. The number of benzene rings is 2. The average Bonchev–Trinajstić information content (AvgIpc) is 2.79. The van der Waals surface area contributed by atoms with Crippen LogP contribution in [0.5, 0.6) is 11.5 Å². The first kappa shape index (κ1) is 21.0. The van der Waals surface area contributed by atoms with E-state index in [1.54, 1.807) is 30.3 Å². The van der Waals surface area contributed by atoms with E-state index in [0.717, 1.165) is 6.07 Å². The molecule has 2 aromatic heterocycles. The second-order valence-electron chi connectivity index (χ2n) is 6.86. The van der Waals surface area contributed by atoms with E-state index < -0.39 is 34.4 Å². The molecule has 162 valence electrons. The number of aromatic hydroxyl groups is 1. The van der Waals surface area contributed by atoms with Crippen LogP contribution < -0.4 is 15.6 Å². The molecule has 0 aliphatic rings. The molecule has 0 fully saturated rings. The highest BCUT2D eigenvalue weighted by atomic mass is 19.1. The zero-order chi connectivity index (χ0) is 22.8. The van der Waals surface area contributed by atoms with Crippen LogP contribution in [-0.2, 0) is 6.54 Å². The van der Waals surface area contributed by atoms with Crippen molar-refractivity contribution in [2.24, 2.45) is 0 Å². The molecular formula is C23H17F2N3O4. The number of ether oxygens (including phenoxy) is 1. The van der Waals surface area contributed by atoms with Gasteiger partial charge in [0.15, 0.2) is 5.65 Å². The fourth-order valence-electron chi connectivity index (χ4n) is 3.33. The number of aromatic nitrogens is 2. The van der Waals surface area contributed by atoms with E-state index in [4.69, 9.17) is 4.74 Å². The van der Waals surface area contributed by atoms with Crippen LogP contribution in [0.1, 0.15) is 15.9 Å². The third kappa shape index (κ3) is 3.76. The van der Waals surface area contributed by atoms with E-state index in [1.807, 2.05) is 0 Å². The molecule has 0 aliphatic carbocycles. The summed E-state index contributed by atoms with van der Waals surface area (Å²) in [5.74, 6) is -2.58. The standard InChI is InChI=1S/C23H17F2N3O4/c1-32-16-5-2-4-15(11-16)28-21-17(6-3-9-26-21)20(29)19(23(28)31)22(30)27-12-13-7-8-14(24)10-18(13)25/h2-11,29H,12H2,1H3,(H,27,30). The lowest BCUT2D eigenvalue weighted by Crippen LogP contribution is -2.33. The molecule has 0 spiro atoms. The van der Waals surface area contributed by atoms with E-state index in [-0.39, 0.29) is 23.1 Å². The van der Waals surface area contributed by atoms with Gasteiger partial charge >= 0.3 is 0 Å². The van der Waals surface area contributed by atoms with Gasteiger partial charge in [0.25, 0.3) is 11.5 Å². The summed E-state index contributed by atoms with van der Waals surface area (Å²) >= 11 is 0. The lowest BCUT2D eigenvalue weighted by Gasteiger charge is -2.15. The van der Waals surface area contributed by atoms with Crippen LogP contribution in [0.3, 0.4) is 0 Å². The molecule has 9 heteroatoms. The molecule has 0 unspecified atom stereocenters. The van der Waals surface area contributed by atoms with Gasteiger partial charge in [0.1, 0.15) is 28.7 Å². The maximum atomic E-state index is 13.9. The van der Waals surface area contributed by atoms with Gasteiger partial charge in [-0.2, -0.15) is 0 Å². The lowest BCUT2D eigenvalue weighted by molar-refractivity contribution is 0.0946. The maximum absolute atomic E-state index is 13.9. The minimum atomic E-state index is -0.918. The molecule has 7 nitrogen and oxygen atoms in total. The predicted octanol–water partition coefficient (Wildman–Crippen LogP) is 3.31. The molecule has 0 bridgehead atoms. The van der Waals surface area contributed by atoms with Crippen LogP contribution in [0.4, 0.5) is 8.78 Å². The molecule has 0 radical (unpaired) electrons. The SMILES string of the molecule is COc1cccc(-n2c(=O)c(C(=O)NCc3ccc(F)cc3F)c(O)c3cccnc32)c1. The Balaban J connectivity index is 1.82. The van der Waals surface area contributed by atoms with Crippen molar-refractivity contribution in [2.75, 3.05) is 7.11 Å². The summed E-state index contributed by atoms with van der Waals surface area (Å²) in [7, 11) is 1.47. The topological polar surface area (TPSA) is 93.5 Å². The van der Waals surface area contributed by atoms with Gasteiger partial charge in [-0.15, -0.1) is 0 Å². The van der Waals surface area contributed by atoms with Gasteiger partial charge in [0.05, 0.1) is 18.2 Å². The molecule has 0 aliphatic heterocycles. The Hall–Kier alpha value is -4.27. The van der Waals surface area contributed by atoms with Crippen molar-refractivity contribution in [1.82, 2.24) is 14.9 Å². The largest absolute Gasteiger partial charge is 0.506 e. The summed E-state index contributed by atoms with van der Waals surface area (Å²) in [6, 6.07) is 12.6. The molecule has 0 saturated carbocycles. The van der Waals surface area contributed by atoms with Crippen LogP contribution in [-0.4, -0.2) is 27.7 Å². The van der Waals surface area contributed by atoms with E-state index in [9.17, 15) is 23.5 Å². The Morgan fingerprint density at radius 3 is 2.72 bits per heavy atom. The molecule has 0 saturated heterocycles. The normalized spacial score (nSPS) is 10.8. The molecule has 4 rings (SSSR count). The Morgan fingerprint density at radius 2 is 1.97 bits per heavy atom. The Morgan fingerprint density at radius 1 is 1.16 bits per heavy atom. The number of carbonyl (C=O) groups is 1. The number of fused-ring (bicyclic) bond motifs is 1. The van der Waals surface area contributed by atoms with Gasteiger partial charge in [0, 0.05) is 30.4 Å². The number of nitrogens with one attached hydrogen (secondary N) is 1. The number of halogens is 2.